The molecule has 2 rings (SSSR count). The summed E-state index contributed by atoms with van der Waals surface area (Å²) in [6, 6.07) is 8.97. The Labute approximate surface area is 105 Å². The summed E-state index contributed by atoms with van der Waals surface area (Å²) in [4.78, 5) is 12.0. The van der Waals surface area contributed by atoms with Gasteiger partial charge in [0.05, 0.1) is 4.92 Å². The number of hydrogen-bond acceptors (Lipinski definition) is 4. The van der Waals surface area contributed by atoms with Crippen LogP contribution in [0, 0.1) is 10.1 Å². The lowest BCUT2D eigenvalue weighted by Crippen LogP contribution is -1.84. The van der Waals surface area contributed by atoms with Crippen molar-refractivity contribution in [2.75, 3.05) is 0 Å². The number of rotatable bonds is 3. The maximum absolute atomic E-state index is 10.7. The molecule has 0 saturated heterocycles. The molecule has 0 bridgehead atoms. The van der Waals surface area contributed by atoms with Gasteiger partial charge in [-0.25, -0.2) is 0 Å². The molecule has 2 aromatic rings. The maximum Gasteiger partial charge on any atom is 0.337 e. The second kappa shape index (κ2) is 4.86. The molecule has 82 valence electrons. The van der Waals surface area contributed by atoms with Crippen LogP contribution >= 0.6 is 34.7 Å². The first-order chi connectivity index (χ1) is 7.66. The van der Waals surface area contributed by atoms with Gasteiger partial charge in [0.25, 0.3) is 0 Å². The molecule has 0 aliphatic heterocycles. The molecule has 1 aromatic heterocycles. The normalized spacial score (nSPS) is 10.3. The zero-order valence-electron chi connectivity index (χ0n) is 7.92. The van der Waals surface area contributed by atoms with Gasteiger partial charge in [-0.2, -0.15) is 0 Å². The minimum absolute atomic E-state index is 0.181. The van der Waals surface area contributed by atoms with E-state index in [9.17, 15) is 10.1 Å². The summed E-state index contributed by atoms with van der Waals surface area (Å²) in [6.07, 6.45) is 0. The van der Waals surface area contributed by atoms with Crippen LogP contribution in [-0.4, -0.2) is 4.92 Å². The van der Waals surface area contributed by atoms with Crippen LogP contribution in [0.15, 0.2) is 45.5 Å². The average molecular weight is 272 g/mol. The summed E-state index contributed by atoms with van der Waals surface area (Å²) >= 11 is 8.26. The van der Waals surface area contributed by atoms with Crippen LogP contribution in [0.2, 0.25) is 5.02 Å². The van der Waals surface area contributed by atoms with Gasteiger partial charge < -0.3 is 0 Å². The minimum atomic E-state index is -0.358. The van der Waals surface area contributed by atoms with Gasteiger partial charge in [0.15, 0.2) is 0 Å². The van der Waals surface area contributed by atoms with Gasteiger partial charge in [0, 0.05) is 9.92 Å². The van der Waals surface area contributed by atoms with E-state index in [0.29, 0.717) is 9.92 Å². The third-order valence-corrected chi connectivity index (χ3v) is 4.12. The highest BCUT2D eigenvalue weighted by Crippen LogP contribution is 2.38. The molecule has 0 radical (unpaired) electrons. The number of benzene rings is 1. The Kier molecular flexibility index (Phi) is 3.48. The molecule has 1 heterocycles. The van der Waals surface area contributed by atoms with E-state index in [1.165, 1.54) is 11.8 Å². The third-order valence-electron chi connectivity index (χ3n) is 1.82. The Balaban J connectivity index is 2.23. The summed E-state index contributed by atoms with van der Waals surface area (Å²) in [5.41, 5.74) is 0. The quantitative estimate of drug-likeness (QED) is 0.611. The summed E-state index contributed by atoms with van der Waals surface area (Å²) in [7, 11) is 0. The van der Waals surface area contributed by atoms with Crippen LogP contribution in [0.5, 0.6) is 0 Å². The molecular weight excluding hydrogens is 266 g/mol. The van der Waals surface area contributed by atoms with E-state index in [1.807, 2.05) is 12.1 Å². The van der Waals surface area contributed by atoms with Crippen molar-refractivity contribution in [1.29, 1.82) is 0 Å². The number of halogens is 1. The largest absolute Gasteiger partial charge is 0.337 e. The van der Waals surface area contributed by atoms with Crippen molar-refractivity contribution in [1.82, 2.24) is 0 Å². The first-order valence-corrected chi connectivity index (χ1v) is 6.39. The average Bonchev–Trinajstić information content (AvgIpc) is 2.69. The second-order valence-corrected chi connectivity index (χ2v) is 5.35. The first kappa shape index (κ1) is 11.4. The van der Waals surface area contributed by atoms with Crippen molar-refractivity contribution in [3.8, 4) is 0 Å². The van der Waals surface area contributed by atoms with Gasteiger partial charge in [0.1, 0.15) is 4.90 Å². The van der Waals surface area contributed by atoms with E-state index in [-0.39, 0.29) is 9.92 Å². The van der Waals surface area contributed by atoms with E-state index in [1.54, 1.807) is 23.6 Å². The number of hydrogen-bond donors (Lipinski definition) is 0. The lowest BCUT2D eigenvalue weighted by atomic mass is 10.4. The van der Waals surface area contributed by atoms with Gasteiger partial charge in [-0.3, -0.25) is 10.1 Å². The molecule has 1 aromatic carbocycles. The Morgan fingerprint density at radius 2 is 1.94 bits per heavy atom. The van der Waals surface area contributed by atoms with Crippen LogP contribution < -0.4 is 0 Å². The van der Waals surface area contributed by atoms with Crippen LogP contribution in [0.4, 0.5) is 5.00 Å². The molecule has 0 spiro atoms. The topological polar surface area (TPSA) is 43.1 Å². The van der Waals surface area contributed by atoms with Crippen molar-refractivity contribution in [3.05, 3.63) is 50.8 Å². The van der Waals surface area contributed by atoms with Gasteiger partial charge in [-0.1, -0.05) is 34.7 Å². The number of nitro groups is 1. The lowest BCUT2D eigenvalue weighted by molar-refractivity contribution is -0.382. The van der Waals surface area contributed by atoms with Crippen LogP contribution in [0.25, 0.3) is 0 Å². The summed E-state index contributed by atoms with van der Waals surface area (Å²) in [6.45, 7) is 0. The van der Waals surface area contributed by atoms with E-state index in [0.717, 1.165) is 16.2 Å². The Morgan fingerprint density at radius 3 is 2.56 bits per heavy atom. The summed E-state index contributed by atoms with van der Waals surface area (Å²) in [5.74, 6) is 0. The zero-order valence-corrected chi connectivity index (χ0v) is 10.3. The molecule has 3 nitrogen and oxygen atoms in total. The zero-order chi connectivity index (χ0) is 11.5. The fourth-order valence-electron chi connectivity index (χ4n) is 1.13. The van der Waals surface area contributed by atoms with Crippen molar-refractivity contribution in [3.63, 3.8) is 0 Å². The molecule has 0 aliphatic carbocycles. The molecule has 0 aliphatic rings. The fourth-order valence-corrected chi connectivity index (χ4v) is 3.04. The van der Waals surface area contributed by atoms with E-state index < -0.39 is 0 Å². The predicted molar refractivity (Wildman–Crippen MR) is 66.5 cm³/mol. The highest BCUT2D eigenvalue weighted by Gasteiger charge is 2.16. The van der Waals surface area contributed by atoms with E-state index in [2.05, 4.69) is 0 Å². The molecule has 0 amide bonds. The Bertz CT molecular complexity index is 510. The number of thiophene rings is 1. The van der Waals surface area contributed by atoms with E-state index in [4.69, 9.17) is 11.6 Å². The fraction of sp³-hybridized carbons (Fsp3) is 0. The minimum Gasteiger partial charge on any atom is -0.258 e. The third kappa shape index (κ3) is 2.55. The van der Waals surface area contributed by atoms with Gasteiger partial charge >= 0.3 is 5.00 Å². The molecule has 0 atom stereocenters. The van der Waals surface area contributed by atoms with Crippen LogP contribution in [-0.2, 0) is 0 Å². The molecule has 6 heteroatoms. The van der Waals surface area contributed by atoms with Gasteiger partial charge in [0.2, 0.25) is 0 Å². The smallest absolute Gasteiger partial charge is 0.258 e. The monoisotopic (exact) mass is 271 g/mol. The highest BCUT2D eigenvalue weighted by molar-refractivity contribution is 7.99. The van der Waals surface area contributed by atoms with Crippen LogP contribution in [0.1, 0.15) is 0 Å². The molecule has 0 fully saturated rings. The first-order valence-electron chi connectivity index (χ1n) is 4.32. The lowest BCUT2D eigenvalue weighted by Gasteiger charge is -1.98. The van der Waals surface area contributed by atoms with Gasteiger partial charge in [-0.15, -0.1) is 0 Å². The SMILES string of the molecule is O=[N+]([O-])c1sccc1Sc1ccc(Cl)cc1. The standard InChI is InChI=1S/C10H6ClNO2S2/c11-7-1-3-8(4-2-7)16-9-5-6-15-10(9)12(13)14/h1-6H. The second-order valence-electron chi connectivity index (χ2n) is 2.90. The van der Waals surface area contributed by atoms with Crippen molar-refractivity contribution < 1.29 is 4.92 Å². The van der Waals surface area contributed by atoms with Crippen molar-refractivity contribution >= 4 is 39.7 Å². The predicted octanol–water partition coefficient (Wildman–Crippen LogP) is 4.46. The Morgan fingerprint density at radius 1 is 1.25 bits per heavy atom. The molecule has 0 saturated carbocycles. The maximum atomic E-state index is 10.7. The van der Waals surface area contributed by atoms with Crippen LogP contribution in [0.3, 0.4) is 0 Å². The molecule has 16 heavy (non-hydrogen) atoms. The highest BCUT2D eigenvalue weighted by atomic mass is 35.5. The van der Waals surface area contributed by atoms with Crippen molar-refractivity contribution in [2.24, 2.45) is 0 Å². The summed E-state index contributed by atoms with van der Waals surface area (Å²) in [5, 5.41) is 13.3. The molecule has 0 N–H and O–H groups in total. The van der Waals surface area contributed by atoms with E-state index >= 15 is 0 Å². The summed E-state index contributed by atoms with van der Waals surface area (Å²) < 4.78 is 0. The van der Waals surface area contributed by atoms with Gasteiger partial charge in [-0.05, 0) is 35.7 Å². The number of nitrogens with zero attached hydrogens (tertiary/aromatic N) is 1. The molecule has 0 unspecified atom stereocenters. The Hall–Kier alpha value is -1.04. The molecular formula is C10H6ClNO2S2. The van der Waals surface area contributed by atoms with Crippen molar-refractivity contribution in [2.45, 2.75) is 9.79 Å².